The lowest BCUT2D eigenvalue weighted by atomic mass is 9.98. The lowest BCUT2D eigenvalue weighted by Crippen LogP contribution is -2.11. The molecule has 0 bridgehead atoms. The summed E-state index contributed by atoms with van der Waals surface area (Å²) in [4.78, 5) is 0.731. The van der Waals surface area contributed by atoms with Crippen LogP contribution in [-0.2, 0) is 6.42 Å². The average Bonchev–Trinajstić information content (AvgIpc) is 2.81. The third kappa shape index (κ3) is 3.73. The molecule has 16 heavy (non-hydrogen) atoms. The SMILES string of the molecule is BrC(CCc1ccc(I)cc1)C1CCCC1. The fraction of sp³-hybridized carbons (Fsp3) is 0.571. The molecule has 1 aliphatic carbocycles. The Morgan fingerprint density at radius 2 is 1.81 bits per heavy atom. The van der Waals surface area contributed by atoms with Crippen LogP contribution >= 0.6 is 38.5 Å². The van der Waals surface area contributed by atoms with Gasteiger partial charge in [-0.15, -0.1) is 0 Å². The van der Waals surface area contributed by atoms with E-state index in [9.17, 15) is 0 Å². The fourth-order valence-corrected chi connectivity index (χ4v) is 3.63. The van der Waals surface area contributed by atoms with E-state index >= 15 is 0 Å². The van der Waals surface area contributed by atoms with Crippen LogP contribution in [0.5, 0.6) is 0 Å². The molecule has 1 atom stereocenters. The van der Waals surface area contributed by atoms with Gasteiger partial charge in [-0.25, -0.2) is 0 Å². The van der Waals surface area contributed by atoms with Gasteiger partial charge in [-0.1, -0.05) is 40.9 Å². The molecule has 0 heterocycles. The number of aryl methyl sites for hydroxylation is 1. The molecule has 1 aromatic rings. The summed E-state index contributed by atoms with van der Waals surface area (Å²) in [5.74, 6) is 0.934. The van der Waals surface area contributed by atoms with Crippen LogP contribution in [0.4, 0.5) is 0 Å². The topological polar surface area (TPSA) is 0 Å². The van der Waals surface area contributed by atoms with Crippen molar-refractivity contribution in [1.82, 2.24) is 0 Å². The highest BCUT2D eigenvalue weighted by Crippen LogP contribution is 2.33. The van der Waals surface area contributed by atoms with Gasteiger partial charge in [-0.05, 0) is 71.9 Å². The normalized spacial score (nSPS) is 18.9. The van der Waals surface area contributed by atoms with Gasteiger partial charge in [-0.3, -0.25) is 0 Å². The number of hydrogen-bond donors (Lipinski definition) is 0. The highest BCUT2D eigenvalue weighted by Gasteiger charge is 2.22. The highest BCUT2D eigenvalue weighted by atomic mass is 127. The van der Waals surface area contributed by atoms with Crippen LogP contribution in [0.3, 0.4) is 0 Å². The van der Waals surface area contributed by atoms with Crippen LogP contribution in [0.2, 0.25) is 0 Å². The summed E-state index contributed by atoms with van der Waals surface area (Å²) in [6, 6.07) is 8.93. The van der Waals surface area contributed by atoms with Crippen molar-refractivity contribution in [3.05, 3.63) is 33.4 Å². The van der Waals surface area contributed by atoms with E-state index in [-0.39, 0.29) is 0 Å². The number of alkyl halides is 1. The summed E-state index contributed by atoms with van der Waals surface area (Å²) in [5, 5.41) is 0. The summed E-state index contributed by atoms with van der Waals surface area (Å²) in [7, 11) is 0. The van der Waals surface area contributed by atoms with Gasteiger partial charge in [0.15, 0.2) is 0 Å². The third-order valence-corrected chi connectivity index (χ3v) is 5.46. The van der Waals surface area contributed by atoms with Crippen molar-refractivity contribution < 1.29 is 0 Å². The second kappa shape index (κ2) is 6.39. The van der Waals surface area contributed by atoms with E-state index in [1.807, 2.05) is 0 Å². The van der Waals surface area contributed by atoms with Crippen LogP contribution in [0.25, 0.3) is 0 Å². The highest BCUT2D eigenvalue weighted by molar-refractivity contribution is 14.1. The summed E-state index contributed by atoms with van der Waals surface area (Å²) in [6.45, 7) is 0. The smallest absolute Gasteiger partial charge is 0.0177 e. The van der Waals surface area contributed by atoms with E-state index in [4.69, 9.17) is 0 Å². The Labute approximate surface area is 120 Å². The van der Waals surface area contributed by atoms with Crippen molar-refractivity contribution in [1.29, 1.82) is 0 Å². The molecule has 88 valence electrons. The van der Waals surface area contributed by atoms with E-state index in [0.717, 1.165) is 10.7 Å². The molecule has 0 saturated heterocycles. The molecule has 0 spiro atoms. The van der Waals surface area contributed by atoms with E-state index < -0.39 is 0 Å². The van der Waals surface area contributed by atoms with Crippen molar-refractivity contribution in [2.75, 3.05) is 0 Å². The zero-order valence-electron chi connectivity index (χ0n) is 9.46. The minimum Gasteiger partial charge on any atom is -0.0888 e. The first-order chi connectivity index (χ1) is 7.75. The van der Waals surface area contributed by atoms with Crippen LogP contribution in [0, 0.1) is 9.49 Å². The average molecular weight is 393 g/mol. The standard InChI is InChI=1S/C14H18BrI/c15-14(12-3-1-2-4-12)10-7-11-5-8-13(16)9-6-11/h5-6,8-9,12,14H,1-4,7,10H2. The second-order valence-electron chi connectivity index (χ2n) is 4.73. The van der Waals surface area contributed by atoms with Crippen molar-refractivity contribution in [2.45, 2.75) is 43.4 Å². The number of halogens is 2. The van der Waals surface area contributed by atoms with E-state index in [0.29, 0.717) is 0 Å². The third-order valence-electron chi connectivity index (χ3n) is 3.53. The molecular formula is C14H18BrI. The Hall–Kier alpha value is 0.430. The Morgan fingerprint density at radius 1 is 1.19 bits per heavy atom. The molecule has 0 aromatic heterocycles. The maximum atomic E-state index is 3.88. The summed E-state index contributed by atoms with van der Waals surface area (Å²) in [5.41, 5.74) is 1.47. The lowest BCUT2D eigenvalue weighted by Gasteiger charge is -2.16. The maximum Gasteiger partial charge on any atom is 0.0177 e. The summed E-state index contributed by atoms with van der Waals surface area (Å²) < 4.78 is 1.33. The molecule has 0 radical (unpaired) electrons. The minimum atomic E-state index is 0.731. The first-order valence-corrected chi connectivity index (χ1v) is 8.13. The van der Waals surface area contributed by atoms with E-state index in [1.54, 1.807) is 0 Å². The molecule has 0 aliphatic heterocycles. The van der Waals surface area contributed by atoms with Crippen molar-refractivity contribution in [2.24, 2.45) is 5.92 Å². The van der Waals surface area contributed by atoms with Gasteiger partial charge in [-0.2, -0.15) is 0 Å². The molecule has 0 nitrogen and oxygen atoms in total. The largest absolute Gasteiger partial charge is 0.0888 e. The molecule has 2 heteroatoms. The zero-order valence-corrected chi connectivity index (χ0v) is 13.2. The molecule has 1 saturated carbocycles. The predicted molar refractivity (Wildman–Crippen MR) is 82.2 cm³/mol. The van der Waals surface area contributed by atoms with Crippen LogP contribution in [0.1, 0.15) is 37.7 Å². The molecule has 1 aliphatic rings. The quantitative estimate of drug-likeness (QED) is 0.489. The van der Waals surface area contributed by atoms with Crippen molar-refractivity contribution >= 4 is 38.5 Å². The second-order valence-corrected chi connectivity index (χ2v) is 7.15. The number of benzene rings is 1. The lowest BCUT2D eigenvalue weighted by molar-refractivity contribution is 0.506. The van der Waals surface area contributed by atoms with E-state index in [2.05, 4.69) is 62.8 Å². The Bertz CT molecular complexity index is 314. The predicted octanol–water partition coefficient (Wildman–Crippen LogP) is 5.18. The van der Waals surface area contributed by atoms with Crippen LogP contribution < -0.4 is 0 Å². The Balaban J connectivity index is 1.80. The first-order valence-electron chi connectivity index (χ1n) is 6.14. The van der Waals surface area contributed by atoms with Gasteiger partial charge in [0, 0.05) is 8.40 Å². The van der Waals surface area contributed by atoms with E-state index in [1.165, 1.54) is 47.7 Å². The molecule has 0 amide bonds. The van der Waals surface area contributed by atoms with Crippen LogP contribution in [-0.4, -0.2) is 4.83 Å². The minimum absolute atomic E-state index is 0.731. The van der Waals surface area contributed by atoms with Gasteiger partial charge in [0.1, 0.15) is 0 Å². The van der Waals surface area contributed by atoms with Crippen molar-refractivity contribution in [3.63, 3.8) is 0 Å². The Morgan fingerprint density at radius 3 is 2.44 bits per heavy atom. The molecular weight excluding hydrogens is 375 g/mol. The number of rotatable bonds is 4. The van der Waals surface area contributed by atoms with Gasteiger partial charge in [0.05, 0.1) is 0 Å². The van der Waals surface area contributed by atoms with Gasteiger partial charge in [0.25, 0.3) is 0 Å². The molecule has 1 fully saturated rings. The van der Waals surface area contributed by atoms with Crippen molar-refractivity contribution in [3.8, 4) is 0 Å². The fourth-order valence-electron chi connectivity index (χ4n) is 2.51. The molecule has 2 rings (SSSR count). The van der Waals surface area contributed by atoms with Gasteiger partial charge in [0.2, 0.25) is 0 Å². The van der Waals surface area contributed by atoms with Crippen LogP contribution in [0.15, 0.2) is 24.3 Å². The molecule has 1 unspecified atom stereocenters. The summed E-state index contributed by atoms with van der Waals surface area (Å²) >= 11 is 6.24. The molecule has 1 aromatic carbocycles. The van der Waals surface area contributed by atoms with Gasteiger partial charge >= 0.3 is 0 Å². The maximum absolute atomic E-state index is 3.88. The Kier molecular flexibility index (Phi) is 5.14. The molecule has 0 N–H and O–H groups in total. The van der Waals surface area contributed by atoms with Gasteiger partial charge < -0.3 is 0 Å². The summed E-state index contributed by atoms with van der Waals surface area (Å²) in [6.07, 6.45) is 8.24. The monoisotopic (exact) mass is 392 g/mol. The first kappa shape index (κ1) is 12.9. The zero-order chi connectivity index (χ0) is 11.4. The number of hydrogen-bond acceptors (Lipinski definition) is 0.